The molecule has 0 aromatic rings. The minimum absolute atomic E-state index is 0.315. The van der Waals surface area contributed by atoms with Crippen LogP contribution >= 0.6 is 11.8 Å². The molecule has 2 saturated heterocycles. The maximum atomic E-state index is 6.17. The largest absolute Gasteiger partial charge is 0.329 e. The van der Waals surface area contributed by atoms with E-state index in [1.165, 1.54) is 50.8 Å². The maximum absolute atomic E-state index is 6.17. The highest BCUT2D eigenvalue weighted by molar-refractivity contribution is 8.00. The fourth-order valence-corrected chi connectivity index (χ4v) is 5.06. The van der Waals surface area contributed by atoms with E-state index < -0.39 is 0 Å². The summed E-state index contributed by atoms with van der Waals surface area (Å²) in [4.78, 5) is 2.80. The molecule has 0 radical (unpaired) electrons. The summed E-state index contributed by atoms with van der Waals surface area (Å²) in [6.45, 7) is 6.84. The van der Waals surface area contributed by atoms with Crippen LogP contribution in [0.1, 0.15) is 52.4 Å². The van der Waals surface area contributed by atoms with Gasteiger partial charge < -0.3 is 5.73 Å². The molecule has 2 N–H and O–H groups in total. The molecule has 17 heavy (non-hydrogen) atoms. The van der Waals surface area contributed by atoms with Gasteiger partial charge in [-0.15, -0.1) is 0 Å². The lowest BCUT2D eigenvalue weighted by Gasteiger charge is -2.44. The molecule has 2 aliphatic heterocycles. The van der Waals surface area contributed by atoms with E-state index in [0.717, 1.165) is 17.8 Å². The van der Waals surface area contributed by atoms with Gasteiger partial charge in [0, 0.05) is 29.1 Å². The SMILES string of the molecule is CCC1CCCCCN1C1(CN)CSC(C)C1. The number of thioether (sulfide) groups is 1. The van der Waals surface area contributed by atoms with Crippen LogP contribution in [0, 0.1) is 0 Å². The van der Waals surface area contributed by atoms with Gasteiger partial charge in [0.05, 0.1) is 0 Å². The summed E-state index contributed by atoms with van der Waals surface area (Å²) >= 11 is 2.12. The molecular weight excluding hydrogens is 228 g/mol. The van der Waals surface area contributed by atoms with Crippen molar-refractivity contribution in [3.05, 3.63) is 0 Å². The molecule has 3 atom stereocenters. The number of likely N-dealkylation sites (tertiary alicyclic amines) is 1. The first-order valence-corrected chi connectivity index (χ1v) is 8.35. The summed E-state index contributed by atoms with van der Waals surface area (Å²) in [5.74, 6) is 1.25. The lowest BCUT2D eigenvalue weighted by molar-refractivity contribution is 0.0633. The van der Waals surface area contributed by atoms with Crippen LogP contribution in [0.15, 0.2) is 0 Å². The zero-order valence-electron chi connectivity index (χ0n) is 11.5. The molecule has 0 amide bonds. The molecule has 0 aliphatic carbocycles. The van der Waals surface area contributed by atoms with E-state index in [4.69, 9.17) is 5.73 Å². The molecule has 2 rings (SSSR count). The zero-order chi connectivity index (χ0) is 12.3. The molecule has 2 aliphatic rings. The van der Waals surface area contributed by atoms with Crippen LogP contribution in [0.25, 0.3) is 0 Å². The van der Waals surface area contributed by atoms with Gasteiger partial charge >= 0.3 is 0 Å². The van der Waals surface area contributed by atoms with Crippen molar-refractivity contribution >= 4 is 11.8 Å². The Morgan fingerprint density at radius 2 is 2.18 bits per heavy atom. The first-order valence-electron chi connectivity index (χ1n) is 7.30. The molecule has 0 aromatic heterocycles. The Morgan fingerprint density at radius 1 is 1.35 bits per heavy atom. The van der Waals surface area contributed by atoms with Crippen LogP contribution in [-0.4, -0.2) is 40.6 Å². The molecule has 3 heteroatoms. The fourth-order valence-electron chi connectivity index (χ4n) is 3.64. The van der Waals surface area contributed by atoms with Gasteiger partial charge in [0.25, 0.3) is 0 Å². The van der Waals surface area contributed by atoms with Gasteiger partial charge in [-0.25, -0.2) is 0 Å². The first-order chi connectivity index (χ1) is 8.22. The zero-order valence-corrected chi connectivity index (χ0v) is 12.3. The number of rotatable bonds is 3. The van der Waals surface area contributed by atoms with Crippen LogP contribution in [0.5, 0.6) is 0 Å². The molecule has 100 valence electrons. The van der Waals surface area contributed by atoms with E-state index >= 15 is 0 Å². The molecule has 0 saturated carbocycles. The third-order valence-electron chi connectivity index (χ3n) is 4.64. The Balaban J connectivity index is 2.15. The van der Waals surface area contributed by atoms with E-state index in [2.05, 4.69) is 30.5 Å². The summed E-state index contributed by atoms with van der Waals surface area (Å²) in [6.07, 6.45) is 8.18. The average molecular weight is 256 g/mol. The Labute approximate surface area is 111 Å². The van der Waals surface area contributed by atoms with Crippen molar-refractivity contribution in [2.75, 3.05) is 18.8 Å². The highest BCUT2D eigenvalue weighted by atomic mass is 32.2. The minimum atomic E-state index is 0.315. The van der Waals surface area contributed by atoms with E-state index in [1.54, 1.807) is 0 Å². The Morgan fingerprint density at radius 3 is 2.76 bits per heavy atom. The lowest BCUT2D eigenvalue weighted by atomic mass is 9.91. The number of nitrogens with two attached hydrogens (primary N) is 1. The maximum Gasteiger partial charge on any atom is 0.0435 e. The molecule has 2 heterocycles. The lowest BCUT2D eigenvalue weighted by Crippen LogP contribution is -2.58. The van der Waals surface area contributed by atoms with E-state index in [0.29, 0.717) is 5.54 Å². The Kier molecular flexibility index (Phi) is 4.79. The highest BCUT2D eigenvalue weighted by Gasteiger charge is 2.44. The van der Waals surface area contributed by atoms with Crippen molar-refractivity contribution in [3.63, 3.8) is 0 Å². The molecule has 2 fully saturated rings. The Hall–Kier alpha value is 0.270. The van der Waals surface area contributed by atoms with Gasteiger partial charge in [-0.3, -0.25) is 4.90 Å². The third-order valence-corrected chi connectivity index (χ3v) is 6.08. The standard InChI is InChI=1S/C14H28N2S/c1-3-13-7-5-4-6-8-16(13)14(10-15)9-12(2)17-11-14/h12-13H,3-11,15H2,1-2H3. The summed E-state index contributed by atoms with van der Waals surface area (Å²) in [7, 11) is 0. The van der Waals surface area contributed by atoms with Crippen LogP contribution in [0.4, 0.5) is 0 Å². The van der Waals surface area contributed by atoms with Crippen molar-refractivity contribution in [2.45, 2.75) is 69.2 Å². The second kappa shape index (κ2) is 5.94. The first kappa shape index (κ1) is 13.7. The second-order valence-electron chi connectivity index (χ2n) is 5.86. The third kappa shape index (κ3) is 2.82. The average Bonchev–Trinajstić information content (AvgIpc) is 2.59. The normalized spacial score (nSPS) is 40.4. The van der Waals surface area contributed by atoms with E-state index in [-0.39, 0.29) is 0 Å². The van der Waals surface area contributed by atoms with Gasteiger partial charge in [0.2, 0.25) is 0 Å². The van der Waals surface area contributed by atoms with Crippen molar-refractivity contribution in [1.29, 1.82) is 0 Å². The van der Waals surface area contributed by atoms with Crippen LogP contribution in [-0.2, 0) is 0 Å². The van der Waals surface area contributed by atoms with Gasteiger partial charge in [-0.05, 0) is 32.2 Å². The summed E-state index contributed by atoms with van der Waals surface area (Å²) in [6, 6.07) is 0.784. The van der Waals surface area contributed by atoms with Crippen molar-refractivity contribution < 1.29 is 0 Å². The summed E-state index contributed by atoms with van der Waals surface area (Å²) < 4.78 is 0. The molecule has 3 unspecified atom stereocenters. The smallest absolute Gasteiger partial charge is 0.0435 e. The molecular formula is C14H28N2S. The molecule has 0 spiro atoms. The molecule has 0 aromatic carbocycles. The summed E-state index contributed by atoms with van der Waals surface area (Å²) in [5.41, 5.74) is 6.49. The van der Waals surface area contributed by atoms with Crippen LogP contribution in [0.3, 0.4) is 0 Å². The van der Waals surface area contributed by atoms with E-state index in [9.17, 15) is 0 Å². The van der Waals surface area contributed by atoms with Crippen molar-refractivity contribution in [1.82, 2.24) is 4.90 Å². The van der Waals surface area contributed by atoms with E-state index in [1.807, 2.05) is 0 Å². The van der Waals surface area contributed by atoms with Crippen LogP contribution < -0.4 is 5.73 Å². The monoisotopic (exact) mass is 256 g/mol. The van der Waals surface area contributed by atoms with Gasteiger partial charge in [0.1, 0.15) is 0 Å². The number of nitrogens with zero attached hydrogens (tertiary/aromatic N) is 1. The van der Waals surface area contributed by atoms with Gasteiger partial charge in [-0.1, -0.05) is 26.7 Å². The second-order valence-corrected chi connectivity index (χ2v) is 7.29. The minimum Gasteiger partial charge on any atom is -0.329 e. The quantitative estimate of drug-likeness (QED) is 0.842. The summed E-state index contributed by atoms with van der Waals surface area (Å²) in [5, 5.41) is 0.791. The highest BCUT2D eigenvalue weighted by Crippen LogP contribution is 2.40. The number of hydrogen-bond donors (Lipinski definition) is 1. The fraction of sp³-hybridized carbons (Fsp3) is 1.00. The van der Waals surface area contributed by atoms with Crippen molar-refractivity contribution in [2.24, 2.45) is 5.73 Å². The van der Waals surface area contributed by atoms with Gasteiger partial charge in [-0.2, -0.15) is 11.8 Å². The number of hydrogen-bond acceptors (Lipinski definition) is 3. The van der Waals surface area contributed by atoms with Gasteiger partial charge in [0.15, 0.2) is 0 Å². The van der Waals surface area contributed by atoms with Crippen LogP contribution in [0.2, 0.25) is 0 Å². The molecule has 0 bridgehead atoms. The predicted octanol–water partition coefficient (Wildman–Crippen LogP) is 2.86. The Bertz CT molecular complexity index is 246. The molecule has 2 nitrogen and oxygen atoms in total. The predicted molar refractivity (Wildman–Crippen MR) is 77.6 cm³/mol. The topological polar surface area (TPSA) is 29.3 Å². The van der Waals surface area contributed by atoms with Crippen molar-refractivity contribution in [3.8, 4) is 0 Å².